The number of benzene rings is 3. The van der Waals surface area contributed by atoms with Crippen LogP contribution in [0.3, 0.4) is 0 Å². The Kier molecular flexibility index (Phi) is 6.23. The summed E-state index contributed by atoms with van der Waals surface area (Å²) < 4.78 is 33.5. The second kappa shape index (κ2) is 8.66. The van der Waals surface area contributed by atoms with Crippen molar-refractivity contribution in [1.29, 1.82) is 5.26 Å². The maximum atomic E-state index is 12.6. The largest absolute Gasteiger partial charge is 0.456 e. The van der Waals surface area contributed by atoms with E-state index in [1.165, 1.54) is 24.3 Å². The van der Waals surface area contributed by atoms with Gasteiger partial charge in [0.05, 0.1) is 9.92 Å². The van der Waals surface area contributed by atoms with Crippen molar-refractivity contribution in [3.63, 3.8) is 0 Å². The van der Waals surface area contributed by atoms with Crippen LogP contribution in [0, 0.1) is 25.2 Å². The zero-order valence-corrected chi connectivity index (χ0v) is 17.5. The van der Waals surface area contributed by atoms with E-state index in [-0.39, 0.29) is 17.0 Å². The number of nitrogens with one attached hydrogen (secondary N) is 1. The minimum atomic E-state index is -3.68. The molecule has 0 aliphatic rings. The molecule has 0 fully saturated rings. The van der Waals surface area contributed by atoms with Crippen molar-refractivity contribution in [2.45, 2.75) is 25.3 Å². The van der Waals surface area contributed by atoms with E-state index in [1.54, 1.807) is 18.2 Å². The van der Waals surface area contributed by atoms with Crippen LogP contribution in [-0.4, -0.2) is 8.42 Å². The van der Waals surface area contributed by atoms with Crippen LogP contribution < -0.4 is 9.46 Å². The highest BCUT2D eigenvalue weighted by Gasteiger charge is 2.15. The third-order valence-electron chi connectivity index (χ3n) is 4.62. The molecule has 0 aliphatic carbocycles. The number of nitrogens with zero attached hydrogens (tertiary/aromatic N) is 1. The summed E-state index contributed by atoms with van der Waals surface area (Å²) in [5.74, 6) is 0.709. The molecular weight excluding hydrogens is 408 g/mol. The highest BCUT2D eigenvalue weighted by molar-refractivity contribution is 7.89. The third kappa shape index (κ3) is 4.77. The lowest BCUT2D eigenvalue weighted by molar-refractivity contribution is 0.480. The second-order valence-corrected chi connectivity index (χ2v) is 8.66. The Bertz CT molecular complexity index is 1180. The van der Waals surface area contributed by atoms with Crippen LogP contribution in [0.15, 0.2) is 65.6 Å². The zero-order chi connectivity index (χ0) is 21.0. The van der Waals surface area contributed by atoms with Crippen LogP contribution >= 0.6 is 11.6 Å². The van der Waals surface area contributed by atoms with Crippen molar-refractivity contribution < 1.29 is 13.2 Å². The van der Waals surface area contributed by atoms with Gasteiger partial charge >= 0.3 is 0 Å². The molecule has 3 rings (SSSR count). The first-order valence-electron chi connectivity index (χ1n) is 8.83. The number of rotatable bonds is 6. The number of hydrogen-bond acceptors (Lipinski definition) is 4. The molecular formula is C22H19ClN2O3S. The fraction of sp³-hybridized carbons (Fsp3) is 0.136. The van der Waals surface area contributed by atoms with Crippen molar-refractivity contribution in [2.24, 2.45) is 0 Å². The van der Waals surface area contributed by atoms with Gasteiger partial charge in [-0.1, -0.05) is 35.9 Å². The van der Waals surface area contributed by atoms with Crippen LogP contribution in [0.25, 0.3) is 0 Å². The molecule has 5 nitrogen and oxygen atoms in total. The summed E-state index contributed by atoms with van der Waals surface area (Å²) in [7, 11) is -3.68. The van der Waals surface area contributed by atoms with Gasteiger partial charge in [-0.2, -0.15) is 5.26 Å². The summed E-state index contributed by atoms with van der Waals surface area (Å²) in [4.78, 5) is 0.127. The molecule has 0 amide bonds. The van der Waals surface area contributed by atoms with Crippen molar-refractivity contribution in [3.05, 3.63) is 87.9 Å². The first-order chi connectivity index (χ1) is 13.8. The standard InChI is InChI=1S/C22H19ClN2O3S/c1-15-5-3-6-17(16(15)2)14-25-29(26,27)19-11-9-18(10-12-19)28-22-8-4-7-21(23)20(22)13-24/h3-12,25H,14H2,1-2H3. The molecule has 0 radical (unpaired) electrons. The van der Waals surface area contributed by atoms with Crippen LogP contribution in [-0.2, 0) is 16.6 Å². The van der Waals surface area contributed by atoms with Gasteiger partial charge in [0.2, 0.25) is 10.0 Å². The Morgan fingerprint density at radius 2 is 1.72 bits per heavy atom. The van der Waals surface area contributed by atoms with E-state index >= 15 is 0 Å². The topological polar surface area (TPSA) is 79.2 Å². The van der Waals surface area contributed by atoms with E-state index in [9.17, 15) is 13.7 Å². The fourth-order valence-electron chi connectivity index (χ4n) is 2.77. The fourth-order valence-corrected chi connectivity index (χ4v) is 3.99. The van der Waals surface area contributed by atoms with E-state index < -0.39 is 10.0 Å². The summed E-state index contributed by atoms with van der Waals surface area (Å²) in [6.45, 7) is 4.17. The smallest absolute Gasteiger partial charge is 0.240 e. The van der Waals surface area contributed by atoms with E-state index in [0.717, 1.165) is 16.7 Å². The minimum absolute atomic E-state index is 0.127. The molecule has 0 heterocycles. The highest BCUT2D eigenvalue weighted by Crippen LogP contribution is 2.30. The number of sulfonamides is 1. The first kappa shape index (κ1) is 20.9. The molecule has 0 aromatic heterocycles. The predicted molar refractivity (Wildman–Crippen MR) is 113 cm³/mol. The van der Waals surface area contributed by atoms with E-state index in [1.807, 2.05) is 38.1 Å². The minimum Gasteiger partial charge on any atom is -0.456 e. The van der Waals surface area contributed by atoms with Crippen molar-refractivity contribution in [2.75, 3.05) is 0 Å². The molecule has 0 spiro atoms. The summed E-state index contributed by atoms with van der Waals surface area (Å²) in [5.41, 5.74) is 3.33. The third-order valence-corrected chi connectivity index (χ3v) is 6.35. The Balaban J connectivity index is 1.75. The molecule has 148 valence electrons. The van der Waals surface area contributed by atoms with Crippen LogP contribution in [0.4, 0.5) is 0 Å². The molecule has 7 heteroatoms. The highest BCUT2D eigenvalue weighted by atomic mass is 35.5. The average Bonchev–Trinajstić information content (AvgIpc) is 2.70. The molecule has 0 saturated heterocycles. The van der Waals surface area contributed by atoms with Crippen LogP contribution in [0.2, 0.25) is 5.02 Å². The Labute approximate surface area is 175 Å². The zero-order valence-electron chi connectivity index (χ0n) is 15.9. The lowest BCUT2D eigenvalue weighted by atomic mass is 10.0. The molecule has 0 saturated carbocycles. The summed E-state index contributed by atoms with van der Waals surface area (Å²) in [6, 6.07) is 18.7. The number of halogens is 1. The van der Waals surface area contributed by atoms with Gasteiger partial charge in [0, 0.05) is 6.54 Å². The van der Waals surface area contributed by atoms with Crippen LogP contribution in [0.5, 0.6) is 11.5 Å². The van der Waals surface area contributed by atoms with Gasteiger partial charge in [-0.25, -0.2) is 13.1 Å². The molecule has 0 aliphatic heterocycles. The van der Waals surface area contributed by atoms with E-state index in [0.29, 0.717) is 16.5 Å². The van der Waals surface area contributed by atoms with Gasteiger partial charge in [0.15, 0.2) is 0 Å². The second-order valence-electron chi connectivity index (χ2n) is 6.48. The number of ether oxygens (including phenoxy) is 1. The van der Waals surface area contributed by atoms with E-state index in [4.69, 9.17) is 16.3 Å². The van der Waals surface area contributed by atoms with Crippen molar-refractivity contribution in [3.8, 4) is 17.6 Å². The van der Waals surface area contributed by atoms with Gasteiger partial charge in [-0.05, 0) is 66.9 Å². The van der Waals surface area contributed by atoms with Gasteiger partial charge in [-0.3, -0.25) is 0 Å². The normalized spacial score (nSPS) is 11.1. The van der Waals surface area contributed by atoms with Gasteiger partial charge in [0.1, 0.15) is 23.1 Å². The van der Waals surface area contributed by atoms with Gasteiger partial charge in [-0.15, -0.1) is 0 Å². The maximum absolute atomic E-state index is 12.6. The average molecular weight is 427 g/mol. The molecule has 29 heavy (non-hydrogen) atoms. The van der Waals surface area contributed by atoms with Crippen LogP contribution in [0.1, 0.15) is 22.3 Å². The Morgan fingerprint density at radius 3 is 2.41 bits per heavy atom. The first-order valence-corrected chi connectivity index (χ1v) is 10.7. The molecule has 1 N–H and O–H groups in total. The predicted octanol–water partition coefficient (Wildman–Crippen LogP) is 5.10. The van der Waals surface area contributed by atoms with Gasteiger partial charge in [0.25, 0.3) is 0 Å². The van der Waals surface area contributed by atoms with Gasteiger partial charge < -0.3 is 4.74 Å². The lowest BCUT2D eigenvalue weighted by Crippen LogP contribution is -2.23. The quantitative estimate of drug-likeness (QED) is 0.594. The molecule has 3 aromatic rings. The molecule has 3 aromatic carbocycles. The monoisotopic (exact) mass is 426 g/mol. The summed E-state index contributed by atoms with van der Waals surface area (Å²) >= 11 is 6.00. The summed E-state index contributed by atoms with van der Waals surface area (Å²) in [6.07, 6.45) is 0. The summed E-state index contributed by atoms with van der Waals surface area (Å²) in [5, 5.41) is 9.51. The lowest BCUT2D eigenvalue weighted by Gasteiger charge is -2.12. The maximum Gasteiger partial charge on any atom is 0.240 e. The molecule has 0 unspecified atom stereocenters. The van der Waals surface area contributed by atoms with Crippen molar-refractivity contribution >= 4 is 21.6 Å². The Morgan fingerprint density at radius 1 is 1.03 bits per heavy atom. The number of hydrogen-bond donors (Lipinski definition) is 1. The Hall–Kier alpha value is -2.85. The van der Waals surface area contributed by atoms with E-state index in [2.05, 4.69) is 4.72 Å². The number of aryl methyl sites for hydroxylation is 1. The SMILES string of the molecule is Cc1cccc(CNS(=O)(=O)c2ccc(Oc3cccc(Cl)c3C#N)cc2)c1C. The number of nitriles is 1. The molecule has 0 atom stereocenters. The van der Waals surface area contributed by atoms with Crippen molar-refractivity contribution in [1.82, 2.24) is 4.72 Å². The molecule has 0 bridgehead atoms.